The topological polar surface area (TPSA) is 103 Å². The van der Waals surface area contributed by atoms with E-state index in [1.165, 1.54) is 40.6 Å². The normalized spacial score (nSPS) is 10.9. The molecule has 170 valence electrons. The lowest BCUT2D eigenvalue weighted by Gasteiger charge is -2.24. The van der Waals surface area contributed by atoms with Crippen LogP contribution in [0.15, 0.2) is 30.3 Å². The largest absolute Gasteiger partial charge is 0.495 e. The Bertz CT molecular complexity index is 1040. The second kappa shape index (κ2) is 10.5. The number of benzene rings is 2. The van der Waals surface area contributed by atoms with Crippen LogP contribution in [0.3, 0.4) is 0 Å². The number of rotatable bonds is 10. The molecule has 11 heteroatoms. The van der Waals surface area contributed by atoms with Gasteiger partial charge in [-0.25, -0.2) is 8.42 Å². The van der Waals surface area contributed by atoms with E-state index in [0.717, 1.165) is 10.6 Å². The number of sulfonamides is 1. The fourth-order valence-corrected chi connectivity index (χ4v) is 3.94. The highest BCUT2D eigenvalue weighted by molar-refractivity contribution is 7.92. The highest BCUT2D eigenvalue weighted by atomic mass is 35.5. The van der Waals surface area contributed by atoms with Crippen molar-refractivity contribution in [3.8, 4) is 23.0 Å². The predicted octanol–water partition coefficient (Wildman–Crippen LogP) is 2.46. The molecule has 1 N–H and O–H groups in total. The number of carbonyl (C=O) groups excluding carboxylic acids is 1. The van der Waals surface area contributed by atoms with E-state index >= 15 is 0 Å². The molecule has 9 nitrogen and oxygen atoms in total. The van der Waals surface area contributed by atoms with Gasteiger partial charge >= 0.3 is 0 Å². The van der Waals surface area contributed by atoms with Crippen LogP contribution in [0.2, 0.25) is 5.02 Å². The molecule has 0 aliphatic carbocycles. The minimum Gasteiger partial charge on any atom is -0.495 e. The van der Waals surface area contributed by atoms with Crippen LogP contribution in [0.25, 0.3) is 0 Å². The van der Waals surface area contributed by atoms with Gasteiger partial charge in [0.15, 0.2) is 11.5 Å². The molecule has 31 heavy (non-hydrogen) atoms. The van der Waals surface area contributed by atoms with Crippen LogP contribution in [0, 0.1) is 0 Å². The van der Waals surface area contributed by atoms with Crippen LogP contribution in [0.4, 0.5) is 5.69 Å². The Morgan fingerprint density at radius 2 is 1.58 bits per heavy atom. The molecule has 0 radical (unpaired) electrons. The minimum atomic E-state index is -3.81. The first-order valence-corrected chi connectivity index (χ1v) is 11.2. The van der Waals surface area contributed by atoms with Crippen molar-refractivity contribution in [1.82, 2.24) is 5.32 Å². The van der Waals surface area contributed by atoms with Crippen molar-refractivity contribution in [2.24, 2.45) is 0 Å². The maximum absolute atomic E-state index is 12.6. The third kappa shape index (κ3) is 5.86. The molecule has 0 fully saturated rings. The number of ether oxygens (including phenoxy) is 4. The molecule has 0 unspecified atom stereocenters. The maximum atomic E-state index is 12.6. The van der Waals surface area contributed by atoms with Crippen molar-refractivity contribution in [3.63, 3.8) is 0 Å². The molecule has 0 atom stereocenters. The molecule has 2 rings (SSSR count). The Labute approximate surface area is 186 Å². The molecule has 0 saturated carbocycles. The molecule has 0 spiro atoms. The molecule has 0 bridgehead atoms. The number of anilines is 1. The maximum Gasteiger partial charge on any atom is 0.241 e. The van der Waals surface area contributed by atoms with Crippen LogP contribution in [0.1, 0.15) is 5.56 Å². The smallest absolute Gasteiger partial charge is 0.241 e. The average Bonchev–Trinajstić information content (AvgIpc) is 2.74. The molecular weight excluding hydrogens is 448 g/mol. The van der Waals surface area contributed by atoms with Gasteiger partial charge in [-0.1, -0.05) is 11.6 Å². The second-order valence-electron chi connectivity index (χ2n) is 6.36. The van der Waals surface area contributed by atoms with Gasteiger partial charge in [0.1, 0.15) is 12.3 Å². The Kier molecular flexibility index (Phi) is 8.23. The molecule has 0 aromatic heterocycles. The zero-order valence-electron chi connectivity index (χ0n) is 17.9. The number of hydrogen-bond acceptors (Lipinski definition) is 7. The number of nitrogens with one attached hydrogen (secondary N) is 1. The summed E-state index contributed by atoms with van der Waals surface area (Å²) in [5.74, 6) is 0.996. The standard InChI is InChI=1S/C20H25ClN2O7S/c1-27-16-9-7-14(21)10-15(16)23(31(5,25)26)12-18(24)22-11-13-6-8-17(28-2)20(30-4)19(13)29-3/h6-10H,11-12H2,1-5H3,(H,22,24). The molecule has 0 heterocycles. The molecule has 0 aliphatic heterocycles. The van der Waals surface area contributed by atoms with E-state index in [0.29, 0.717) is 27.8 Å². The van der Waals surface area contributed by atoms with E-state index in [1.807, 2.05) is 0 Å². The van der Waals surface area contributed by atoms with Crippen LogP contribution in [0.5, 0.6) is 23.0 Å². The van der Waals surface area contributed by atoms with E-state index in [1.54, 1.807) is 18.2 Å². The van der Waals surface area contributed by atoms with Crippen molar-refractivity contribution in [1.29, 1.82) is 0 Å². The van der Waals surface area contributed by atoms with E-state index in [-0.39, 0.29) is 18.0 Å². The lowest BCUT2D eigenvalue weighted by molar-refractivity contribution is -0.119. The van der Waals surface area contributed by atoms with Gasteiger partial charge in [-0.15, -0.1) is 0 Å². The quantitative estimate of drug-likeness (QED) is 0.566. The Balaban J connectivity index is 2.25. The summed E-state index contributed by atoms with van der Waals surface area (Å²) in [6.07, 6.45) is 0.998. The van der Waals surface area contributed by atoms with Gasteiger partial charge in [-0.05, 0) is 30.3 Å². The molecule has 2 aromatic carbocycles. The first-order chi connectivity index (χ1) is 14.7. The number of methoxy groups -OCH3 is 4. The lowest BCUT2D eigenvalue weighted by Crippen LogP contribution is -2.40. The SMILES string of the molecule is COc1ccc(Cl)cc1N(CC(=O)NCc1ccc(OC)c(OC)c1OC)S(C)(=O)=O. The predicted molar refractivity (Wildman–Crippen MR) is 118 cm³/mol. The van der Waals surface area contributed by atoms with Crippen LogP contribution >= 0.6 is 11.6 Å². The van der Waals surface area contributed by atoms with E-state index in [9.17, 15) is 13.2 Å². The monoisotopic (exact) mass is 472 g/mol. The summed E-state index contributed by atoms with van der Waals surface area (Å²) in [5.41, 5.74) is 0.788. The Hall–Kier alpha value is -2.85. The zero-order valence-corrected chi connectivity index (χ0v) is 19.5. The van der Waals surface area contributed by atoms with Gasteiger partial charge in [0.25, 0.3) is 0 Å². The fraction of sp³-hybridized carbons (Fsp3) is 0.350. The molecule has 0 aliphatic rings. The number of carbonyl (C=O) groups is 1. The third-order valence-electron chi connectivity index (χ3n) is 4.36. The van der Waals surface area contributed by atoms with Gasteiger partial charge in [0.05, 0.1) is 40.4 Å². The van der Waals surface area contributed by atoms with E-state index < -0.39 is 22.5 Å². The van der Waals surface area contributed by atoms with Gasteiger partial charge in [0, 0.05) is 17.1 Å². The van der Waals surface area contributed by atoms with Gasteiger partial charge in [-0.2, -0.15) is 0 Å². The Morgan fingerprint density at radius 1 is 0.968 bits per heavy atom. The zero-order chi connectivity index (χ0) is 23.2. The number of nitrogens with zero attached hydrogens (tertiary/aromatic N) is 1. The first-order valence-electron chi connectivity index (χ1n) is 9.02. The molecule has 1 amide bonds. The number of halogens is 1. The van der Waals surface area contributed by atoms with Crippen LogP contribution < -0.4 is 28.6 Å². The fourth-order valence-electron chi connectivity index (χ4n) is 2.92. The molecule has 0 saturated heterocycles. The van der Waals surface area contributed by atoms with E-state index in [2.05, 4.69) is 5.32 Å². The van der Waals surface area contributed by atoms with Crippen LogP contribution in [-0.2, 0) is 21.4 Å². The summed E-state index contributed by atoms with van der Waals surface area (Å²) in [7, 11) is 2.05. The minimum absolute atomic E-state index is 0.0760. The van der Waals surface area contributed by atoms with Crippen molar-refractivity contribution >= 4 is 33.2 Å². The number of hydrogen-bond donors (Lipinski definition) is 1. The van der Waals surface area contributed by atoms with Crippen molar-refractivity contribution in [2.75, 3.05) is 45.5 Å². The summed E-state index contributed by atoms with van der Waals surface area (Å²) in [5, 5.41) is 3.00. The first kappa shape index (κ1) is 24.4. The summed E-state index contributed by atoms with van der Waals surface area (Å²) in [6.45, 7) is -0.391. The van der Waals surface area contributed by atoms with Crippen molar-refractivity contribution < 1.29 is 32.2 Å². The summed E-state index contributed by atoms with van der Waals surface area (Å²) >= 11 is 6.02. The third-order valence-corrected chi connectivity index (χ3v) is 5.72. The summed E-state index contributed by atoms with van der Waals surface area (Å²) in [6, 6.07) is 7.92. The van der Waals surface area contributed by atoms with Gasteiger partial charge in [-0.3, -0.25) is 9.10 Å². The Morgan fingerprint density at radius 3 is 2.13 bits per heavy atom. The number of amides is 1. The highest BCUT2D eigenvalue weighted by Crippen LogP contribution is 2.39. The second-order valence-corrected chi connectivity index (χ2v) is 8.70. The lowest BCUT2D eigenvalue weighted by atomic mass is 10.1. The van der Waals surface area contributed by atoms with E-state index in [4.69, 9.17) is 30.5 Å². The summed E-state index contributed by atoms with van der Waals surface area (Å²) in [4.78, 5) is 12.6. The van der Waals surface area contributed by atoms with Crippen molar-refractivity contribution in [3.05, 3.63) is 40.9 Å². The molecular formula is C20H25ClN2O7S. The van der Waals surface area contributed by atoms with Crippen molar-refractivity contribution in [2.45, 2.75) is 6.54 Å². The summed E-state index contributed by atoms with van der Waals surface area (Å²) < 4.78 is 46.9. The van der Waals surface area contributed by atoms with Crippen LogP contribution in [-0.4, -0.2) is 55.6 Å². The molecule has 2 aromatic rings. The highest BCUT2D eigenvalue weighted by Gasteiger charge is 2.25. The van der Waals surface area contributed by atoms with Gasteiger partial charge in [0.2, 0.25) is 21.7 Å². The van der Waals surface area contributed by atoms with Gasteiger partial charge < -0.3 is 24.3 Å². The average molecular weight is 473 g/mol.